The zero-order valence-corrected chi connectivity index (χ0v) is 11.6. The SMILES string of the molecule is O=C1C2CCC[NH+]2C(c2cccnc2)N1c1ccccn1. The van der Waals surface area contributed by atoms with E-state index in [2.05, 4.69) is 16.0 Å². The normalized spacial score (nSPS) is 27.9. The number of nitrogens with one attached hydrogen (secondary N) is 1. The van der Waals surface area contributed by atoms with Crippen molar-refractivity contribution in [2.45, 2.75) is 25.0 Å². The molecule has 5 nitrogen and oxygen atoms in total. The minimum Gasteiger partial charge on any atom is -0.301 e. The standard InChI is InChI=1S/C16H16N4O/c21-16-13-6-4-10-19(13)15(12-5-3-8-17-11-12)20(16)14-7-1-2-9-18-14/h1-3,5,7-9,11,13,15H,4,6,10H2/p+1. The monoisotopic (exact) mass is 281 g/mol. The Labute approximate surface area is 123 Å². The van der Waals surface area contributed by atoms with Crippen molar-refractivity contribution in [3.05, 3.63) is 54.5 Å². The molecule has 21 heavy (non-hydrogen) atoms. The highest BCUT2D eigenvalue weighted by Crippen LogP contribution is 2.28. The second-order valence-electron chi connectivity index (χ2n) is 5.60. The second kappa shape index (κ2) is 4.93. The minimum atomic E-state index is -0.00593. The summed E-state index contributed by atoms with van der Waals surface area (Å²) in [7, 11) is 0. The van der Waals surface area contributed by atoms with Crippen LogP contribution in [-0.2, 0) is 4.79 Å². The third-order valence-electron chi connectivity index (χ3n) is 4.45. The van der Waals surface area contributed by atoms with Crippen molar-refractivity contribution in [2.24, 2.45) is 0 Å². The van der Waals surface area contributed by atoms with E-state index in [0.29, 0.717) is 0 Å². The van der Waals surface area contributed by atoms with Gasteiger partial charge in [0.05, 0.1) is 12.1 Å². The van der Waals surface area contributed by atoms with E-state index >= 15 is 0 Å². The van der Waals surface area contributed by atoms with Crippen molar-refractivity contribution < 1.29 is 9.69 Å². The van der Waals surface area contributed by atoms with Gasteiger partial charge in [0.2, 0.25) is 0 Å². The predicted molar refractivity (Wildman–Crippen MR) is 77.6 cm³/mol. The van der Waals surface area contributed by atoms with E-state index in [9.17, 15) is 4.79 Å². The number of carbonyl (C=O) groups excluding carboxylic acids is 1. The first-order valence-corrected chi connectivity index (χ1v) is 7.36. The Morgan fingerprint density at radius 2 is 2.14 bits per heavy atom. The van der Waals surface area contributed by atoms with Gasteiger partial charge in [0.1, 0.15) is 5.82 Å². The van der Waals surface area contributed by atoms with E-state index in [4.69, 9.17) is 0 Å². The van der Waals surface area contributed by atoms with Crippen LogP contribution in [0.2, 0.25) is 0 Å². The number of aromatic nitrogens is 2. The largest absolute Gasteiger partial charge is 0.301 e. The number of rotatable bonds is 2. The fourth-order valence-electron chi connectivity index (χ4n) is 3.58. The third kappa shape index (κ3) is 1.93. The molecule has 0 radical (unpaired) electrons. The summed E-state index contributed by atoms with van der Waals surface area (Å²) in [6.45, 7) is 1.03. The molecule has 3 atom stereocenters. The van der Waals surface area contributed by atoms with Crippen LogP contribution in [0.4, 0.5) is 5.82 Å². The highest BCUT2D eigenvalue weighted by molar-refractivity contribution is 5.97. The number of hydrogen-bond acceptors (Lipinski definition) is 3. The van der Waals surface area contributed by atoms with Gasteiger partial charge in [-0.1, -0.05) is 6.07 Å². The molecule has 106 valence electrons. The second-order valence-corrected chi connectivity index (χ2v) is 5.60. The first-order chi connectivity index (χ1) is 10.4. The van der Waals surface area contributed by atoms with Crippen LogP contribution < -0.4 is 9.80 Å². The first kappa shape index (κ1) is 12.5. The van der Waals surface area contributed by atoms with E-state index in [-0.39, 0.29) is 18.1 Å². The molecule has 2 aromatic heterocycles. The third-order valence-corrected chi connectivity index (χ3v) is 4.45. The van der Waals surface area contributed by atoms with E-state index in [1.165, 1.54) is 4.90 Å². The van der Waals surface area contributed by atoms with E-state index in [1.54, 1.807) is 12.4 Å². The molecule has 2 aliphatic rings. The number of carbonyl (C=O) groups is 1. The van der Waals surface area contributed by atoms with E-state index in [1.807, 2.05) is 35.4 Å². The molecule has 4 rings (SSSR count). The van der Waals surface area contributed by atoms with Crippen LogP contribution in [-0.4, -0.2) is 28.5 Å². The topological polar surface area (TPSA) is 50.5 Å². The number of amides is 1. The van der Waals surface area contributed by atoms with E-state index < -0.39 is 0 Å². The summed E-state index contributed by atoms with van der Waals surface area (Å²) < 4.78 is 0. The van der Waals surface area contributed by atoms with Crippen molar-refractivity contribution in [3.8, 4) is 0 Å². The smallest absolute Gasteiger partial charge is 0.291 e. The van der Waals surface area contributed by atoms with Crippen molar-refractivity contribution >= 4 is 11.7 Å². The van der Waals surface area contributed by atoms with Gasteiger partial charge >= 0.3 is 0 Å². The average molecular weight is 281 g/mol. The molecule has 0 aromatic carbocycles. The van der Waals surface area contributed by atoms with E-state index in [0.717, 1.165) is 30.8 Å². The van der Waals surface area contributed by atoms with Crippen LogP contribution >= 0.6 is 0 Å². The van der Waals surface area contributed by atoms with Gasteiger partial charge in [0.25, 0.3) is 5.91 Å². The molecule has 2 aliphatic heterocycles. The molecule has 0 spiro atoms. The number of hydrogen-bond donors (Lipinski definition) is 1. The van der Waals surface area contributed by atoms with Gasteiger partial charge in [-0.15, -0.1) is 0 Å². The summed E-state index contributed by atoms with van der Waals surface area (Å²) >= 11 is 0. The minimum absolute atomic E-state index is 0.00593. The average Bonchev–Trinajstić information content (AvgIpc) is 3.11. The highest BCUT2D eigenvalue weighted by Gasteiger charge is 2.54. The van der Waals surface area contributed by atoms with Gasteiger partial charge in [-0.2, -0.15) is 0 Å². The zero-order chi connectivity index (χ0) is 14.2. The number of fused-ring (bicyclic) bond motifs is 1. The maximum atomic E-state index is 12.8. The maximum Gasteiger partial charge on any atom is 0.291 e. The Bertz CT molecular complexity index is 646. The fraction of sp³-hybridized carbons (Fsp3) is 0.312. The number of quaternary nitrogens is 1. The number of pyridine rings is 2. The Kier molecular flexibility index (Phi) is 2.93. The van der Waals surface area contributed by atoms with Crippen molar-refractivity contribution in [1.82, 2.24) is 9.97 Å². The predicted octanol–water partition coefficient (Wildman–Crippen LogP) is 0.569. The fourth-order valence-corrected chi connectivity index (χ4v) is 3.58. The summed E-state index contributed by atoms with van der Waals surface area (Å²) in [4.78, 5) is 24.6. The lowest BCUT2D eigenvalue weighted by Crippen LogP contribution is -3.12. The summed E-state index contributed by atoms with van der Waals surface area (Å²) in [5.74, 6) is 0.924. The molecule has 2 fully saturated rings. The van der Waals surface area contributed by atoms with Crippen LogP contribution in [0.25, 0.3) is 0 Å². The van der Waals surface area contributed by atoms with Gasteiger partial charge < -0.3 is 4.90 Å². The Morgan fingerprint density at radius 3 is 2.90 bits per heavy atom. The maximum absolute atomic E-state index is 12.8. The summed E-state index contributed by atoms with van der Waals surface area (Å²) in [5.41, 5.74) is 1.08. The summed E-state index contributed by atoms with van der Waals surface area (Å²) in [5, 5.41) is 0. The molecule has 1 amide bonds. The van der Waals surface area contributed by atoms with Crippen LogP contribution in [0.5, 0.6) is 0 Å². The zero-order valence-electron chi connectivity index (χ0n) is 11.6. The van der Waals surface area contributed by atoms with Crippen LogP contribution in [0.15, 0.2) is 48.9 Å². The molecular formula is C16H17N4O+. The van der Waals surface area contributed by atoms with Crippen molar-refractivity contribution in [2.75, 3.05) is 11.4 Å². The Hall–Kier alpha value is -2.27. The molecule has 5 heteroatoms. The van der Waals surface area contributed by atoms with Gasteiger partial charge in [-0.05, 0) is 24.3 Å². The van der Waals surface area contributed by atoms with Crippen LogP contribution in [0.3, 0.4) is 0 Å². The lowest BCUT2D eigenvalue weighted by molar-refractivity contribution is -0.924. The molecule has 3 unspecified atom stereocenters. The lowest BCUT2D eigenvalue weighted by atomic mass is 10.2. The molecule has 0 saturated carbocycles. The van der Waals surface area contributed by atoms with Gasteiger partial charge in [-0.25, -0.2) is 9.88 Å². The van der Waals surface area contributed by atoms with Crippen molar-refractivity contribution in [3.63, 3.8) is 0 Å². The molecule has 0 aliphatic carbocycles. The number of nitrogens with zero attached hydrogens (tertiary/aromatic N) is 3. The Morgan fingerprint density at radius 1 is 1.19 bits per heavy atom. The van der Waals surface area contributed by atoms with Gasteiger partial charge in [-0.3, -0.25) is 9.78 Å². The van der Waals surface area contributed by atoms with Crippen LogP contribution in [0, 0.1) is 0 Å². The lowest BCUT2D eigenvalue weighted by Gasteiger charge is -2.25. The summed E-state index contributed by atoms with van der Waals surface area (Å²) in [6, 6.07) is 9.75. The van der Waals surface area contributed by atoms with Crippen LogP contribution in [0.1, 0.15) is 24.6 Å². The molecule has 2 saturated heterocycles. The van der Waals surface area contributed by atoms with Gasteiger partial charge in [0.15, 0.2) is 12.2 Å². The highest BCUT2D eigenvalue weighted by atomic mass is 16.2. The first-order valence-electron chi connectivity index (χ1n) is 7.36. The molecule has 2 aromatic rings. The Balaban J connectivity index is 1.81. The molecule has 4 heterocycles. The molecule has 1 N–H and O–H groups in total. The van der Waals surface area contributed by atoms with Gasteiger partial charge in [0, 0.05) is 31.4 Å². The molecule has 0 bridgehead atoms. The number of anilines is 1. The van der Waals surface area contributed by atoms with Crippen molar-refractivity contribution in [1.29, 1.82) is 0 Å². The quantitative estimate of drug-likeness (QED) is 0.875. The molecular weight excluding hydrogens is 264 g/mol. The summed E-state index contributed by atoms with van der Waals surface area (Å²) in [6.07, 6.45) is 7.44.